The van der Waals surface area contributed by atoms with Crippen LogP contribution in [0.4, 0.5) is 11.4 Å². The second-order valence-electron chi connectivity index (χ2n) is 5.75. The number of nitrogens with zero attached hydrogens (tertiary/aromatic N) is 1. The van der Waals surface area contributed by atoms with Crippen LogP contribution in [0.1, 0.15) is 24.2 Å². The molecule has 0 atom stereocenters. The lowest BCUT2D eigenvalue weighted by atomic mass is 10.1. The largest absolute Gasteiger partial charge is 0.493 e. The van der Waals surface area contributed by atoms with E-state index >= 15 is 0 Å². The van der Waals surface area contributed by atoms with Crippen molar-refractivity contribution in [2.75, 3.05) is 18.5 Å². The van der Waals surface area contributed by atoms with Crippen molar-refractivity contribution in [3.63, 3.8) is 0 Å². The van der Waals surface area contributed by atoms with E-state index in [1.165, 1.54) is 6.20 Å². The van der Waals surface area contributed by atoms with Gasteiger partial charge in [-0.1, -0.05) is 23.2 Å². The van der Waals surface area contributed by atoms with Crippen molar-refractivity contribution >= 4 is 67.4 Å². The van der Waals surface area contributed by atoms with Gasteiger partial charge in [-0.15, -0.1) is 0 Å². The first kappa shape index (κ1) is 20.7. The number of hydrogen-bond donors (Lipinski definition) is 1. The number of benzene rings is 2. The number of nitrogens with one attached hydrogen (secondary N) is 1. The Morgan fingerprint density at radius 2 is 1.93 bits per heavy atom. The van der Waals surface area contributed by atoms with E-state index in [1.54, 1.807) is 25.1 Å². The molecule has 28 heavy (non-hydrogen) atoms. The molecular weight excluding hydrogens is 467 g/mol. The zero-order valence-electron chi connectivity index (χ0n) is 15.2. The van der Waals surface area contributed by atoms with Crippen molar-refractivity contribution in [1.82, 2.24) is 4.98 Å². The second-order valence-corrected chi connectivity index (χ2v) is 7.42. The molecule has 0 fully saturated rings. The summed E-state index contributed by atoms with van der Waals surface area (Å²) in [5.41, 5.74) is 2.22. The molecule has 0 saturated heterocycles. The highest BCUT2D eigenvalue weighted by Crippen LogP contribution is 2.37. The number of anilines is 2. The molecule has 0 aliphatic rings. The van der Waals surface area contributed by atoms with E-state index in [9.17, 15) is 4.79 Å². The van der Waals surface area contributed by atoms with Gasteiger partial charge in [0, 0.05) is 23.3 Å². The molecule has 2 aromatic carbocycles. The molecular formula is C20H17BrCl2N2O3. The fraction of sp³-hybridized carbons (Fsp3) is 0.200. The number of pyridine rings is 1. The molecule has 1 N–H and O–H groups in total. The molecule has 3 rings (SSSR count). The van der Waals surface area contributed by atoms with E-state index in [-0.39, 0.29) is 6.61 Å². The van der Waals surface area contributed by atoms with Gasteiger partial charge in [-0.3, -0.25) is 4.98 Å². The molecule has 8 heteroatoms. The summed E-state index contributed by atoms with van der Waals surface area (Å²) in [6, 6.07) is 8.82. The first-order valence-corrected chi connectivity index (χ1v) is 10.1. The third-order valence-electron chi connectivity index (χ3n) is 3.91. The molecule has 0 radical (unpaired) electrons. The van der Waals surface area contributed by atoms with Gasteiger partial charge in [0.25, 0.3) is 0 Å². The molecule has 3 aromatic rings. The zero-order valence-corrected chi connectivity index (χ0v) is 18.3. The normalized spacial score (nSPS) is 10.8. The van der Waals surface area contributed by atoms with Crippen LogP contribution < -0.4 is 10.1 Å². The summed E-state index contributed by atoms with van der Waals surface area (Å²) in [5, 5.41) is 4.84. The third kappa shape index (κ3) is 4.35. The molecule has 0 amide bonds. The molecule has 1 heterocycles. The minimum absolute atomic E-state index is 0.260. The van der Waals surface area contributed by atoms with Crippen LogP contribution in [0, 0.1) is 0 Å². The number of rotatable bonds is 6. The summed E-state index contributed by atoms with van der Waals surface area (Å²) in [4.78, 5) is 16.9. The maximum Gasteiger partial charge on any atom is 0.341 e. The highest BCUT2D eigenvalue weighted by molar-refractivity contribution is 9.10. The monoisotopic (exact) mass is 482 g/mol. The topological polar surface area (TPSA) is 60.5 Å². The highest BCUT2D eigenvalue weighted by atomic mass is 79.9. The number of hydrogen-bond acceptors (Lipinski definition) is 5. The summed E-state index contributed by atoms with van der Waals surface area (Å²) in [7, 11) is 0. The van der Waals surface area contributed by atoms with Gasteiger partial charge in [-0.2, -0.15) is 0 Å². The van der Waals surface area contributed by atoms with E-state index < -0.39 is 5.97 Å². The van der Waals surface area contributed by atoms with Crippen LogP contribution in [0.2, 0.25) is 10.0 Å². The van der Waals surface area contributed by atoms with Crippen LogP contribution in [-0.2, 0) is 4.74 Å². The average Bonchev–Trinajstić information content (AvgIpc) is 2.66. The lowest BCUT2D eigenvalue weighted by Crippen LogP contribution is -2.09. The van der Waals surface area contributed by atoms with E-state index in [4.69, 9.17) is 32.7 Å². The summed E-state index contributed by atoms with van der Waals surface area (Å²) in [5.74, 6) is 0.205. The predicted molar refractivity (Wildman–Crippen MR) is 116 cm³/mol. The van der Waals surface area contributed by atoms with Gasteiger partial charge in [-0.25, -0.2) is 4.79 Å². The van der Waals surface area contributed by atoms with Crippen LogP contribution in [-0.4, -0.2) is 24.2 Å². The van der Waals surface area contributed by atoms with Gasteiger partial charge in [0.15, 0.2) is 0 Å². The van der Waals surface area contributed by atoms with Crippen molar-refractivity contribution in [3.8, 4) is 5.75 Å². The Bertz CT molecular complexity index is 1040. The number of fused-ring (bicyclic) bond motifs is 1. The van der Waals surface area contributed by atoms with Gasteiger partial charge >= 0.3 is 5.97 Å². The number of esters is 1. The van der Waals surface area contributed by atoms with Crippen molar-refractivity contribution < 1.29 is 14.3 Å². The first-order chi connectivity index (χ1) is 13.4. The molecule has 1 aromatic heterocycles. The summed E-state index contributed by atoms with van der Waals surface area (Å²) in [6.07, 6.45) is 1.49. The van der Waals surface area contributed by atoms with Crippen molar-refractivity contribution in [3.05, 3.63) is 56.6 Å². The van der Waals surface area contributed by atoms with Crippen LogP contribution >= 0.6 is 39.1 Å². The first-order valence-electron chi connectivity index (χ1n) is 8.58. The summed E-state index contributed by atoms with van der Waals surface area (Å²) in [6.45, 7) is 4.45. The maximum absolute atomic E-state index is 12.5. The highest BCUT2D eigenvalue weighted by Gasteiger charge is 2.19. The molecule has 0 aliphatic carbocycles. The summed E-state index contributed by atoms with van der Waals surface area (Å²) < 4.78 is 11.6. The molecule has 0 spiro atoms. The van der Waals surface area contributed by atoms with Crippen LogP contribution in [0.15, 0.2) is 41.0 Å². The number of aromatic nitrogens is 1. The van der Waals surface area contributed by atoms with E-state index in [1.807, 2.05) is 19.1 Å². The maximum atomic E-state index is 12.5. The quantitative estimate of drug-likeness (QED) is 0.399. The van der Waals surface area contributed by atoms with Crippen LogP contribution in [0.25, 0.3) is 10.9 Å². The van der Waals surface area contributed by atoms with Crippen LogP contribution in [0.5, 0.6) is 5.75 Å². The molecule has 0 unspecified atom stereocenters. The van der Waals surface area contributed by atoms with E-state index in [0.717, 1.165) is 9.86 Å². The van der Waals surface area contributed by atoms with Crippen molar-refractivity contribution in [2.24, 2.45) is 0 Å². The lowest BCUT2D eigenvalue weighted by Gasteiger charge is -2.16. The molecule has 146 valence electrons. The van der Waals surface area contributed by atoms with Gasteiger partial charge in [-0.05, 0) is 54.0 Å². The van der Waals surface area contributed by atoms with Gasteiger partial charge in [0.2, 0.25) is 0 Å². The number of ether oxygens (including phenoxy) is 2. The number of carbonyl (C=O) groups is 1. The smallest absolute Gasteiger partial charge is 0.341 e. The Balaban J connectivity index is 2.18. The standard InChI is InChI=1S/C20H17BrCl2N2O3/c1-3-27-18-9-17-12(8-14(18)21)19(13(10-24-17)20(26)28-4-2)25-11-5-6-15(22)16(23)7-11/h5-10H,3-4H2,1-2H3,(H,24,25). The van der Waals surface area contributed by atoms with Gasteiger partial charge < -0.3 is 14.8 Å². The van der Waals surface area contributed by atoms with Gasteiger partial charge in [0.05, 0.1) is 38.9 Å². The van der Waals surface area contributed by atoms with E-state index in [0.29, 0.717) is 44.9 Å². The number of carbonyl (C=O) groups excluding carboxylic acids is 1. The number of halogens is 3. The van der Waals surface area contributed by atoms with Crippen LogP contribution in [0.3, 0.4) is 0 Å². The Kier molecular flexibility index (Phi) is 6.65. The van der Waals surface area contributed by atoms with Crippen molar-refractivity contribution in [2.45, 2.75) is 13.8 Å². The molecule has 0 saturated carbocycles. The minimum atomic E-state index is -0.468. The lowest BCUT2D eigenvalue weighted by molar-refractivity contribution is 0.0527. The Morgan fingerprint density at radius 3 is 2.61 bits per heavy atom. The Labute approximate surface area is 181 Å². The zero-order chi connectivity index (χ0) is 20.3. The molecule has 5 nitrogen and oxygen atoms in total. The Morgan fingerprint density at radius 1 is 1.14 bits per heavy atom. The Hall–Kier alpha value is -2.02. The third-order valence-corrected chi connectivity index (χ3v) is 5.26. The average molecular weight is 484 g/mol. The minimum Gasteiger partial charge on any atom is -0.493 e. The van der Waals surface area contributed by atoms with Gasteiger partial charge in [0.1, 0.15) is 11.3 Å². The van der Waals surface area contributed by atoms with Crippen molar-refractivity contribution in [1.29, 1.82) is 0 Å². The van der Waals surface area contributed by atoms with E-state index in [2.05, 4.69) is 26.2 Å². The fourth-order valence-electron chi connectivity index (χ4n) is 2.68. The summed E-state index contributed by atoms with van der Waals surface area (Å²) >= 11 is 15.7. The fourth-order valence-corrected chi connectivity index (χ4v) is 3.43. The molecule has 0 aliphatic heterocycles. The SMILES string of the molecule is CCOC(=O)c1cnc2cc(OCC)c(Br)cc2c1Nc1ccc(Cl)c(Cl)c1. The molecule has 0 bridgehead atoms. The predicted octanol–water partition coefficient (Wildman–Crippen LogP) is 6.62. The second kappa shape index (κ2) is 8.99.